The summed E-state index contributed by atoms with van der Waals surface area (Å²) in [7, 11) is 4.84. The van der Waals surface area contributed by atoms with Crippen LogP contribution in [0, 0.1) is 18.3 Å². The molecular formula is C25H25BrCl3NO3. The first-order chi connectivity index (χ1) is 15.8. The van der Waals surface area contributed by atoms with Gasteiger partial charge in [0, 0.05) is 37.1 Å². The van der Waals surface area contributed by atoms with Gasteiger partial charge in [-0.25, -0.2) is 0 Å². The van der Waals surface area contributed by atoms with Crippen LogP contribution < -0.4 is 14.2 Å². The lowest BCUT2D eigenvalue weighted by Gasteiger charge is -2.06. The lowest BCUT2D eigenvalue weighted by Crippen LogP contribution is -1.91. The second-order valence-electron chi connectivity index (χ2n) is 6.38. The zero-order chi connectivity index (χ0) is 24.8. The summed E-state index contributed by atoms with van der Waals surface area (Å²) >= 11 is 20.9. The maximum absolute atomic E-state index is 8.50. The Labute approximate surface area is 219 Å². The number of ether oxygens (including phenoxy) is 3. The Morgan fingerprint density at radius 1 is 0.727 bits per heavy atom. The molecule has 0 aliphatic carbocycles. The molecular weight excluding hydrogens is 549 g/mol. The molecule has 0 bridgehead atoms. The van der Waals surface area contributed by atoms with Gasteiger partial charge >= 0.3 is 0 Å². The summed E-state index contributed by atoms with van der Waals surface area (Å²) in [4.78, 5) is 0. The molecule has 0 heterocycles. The van der Waals surface area contributed by atoms with E-state index >= 15 is 0 Å². The van der Waals surface area contributed by atoms with Gasteiger partial charge in [-0.3, -0.25) is 0 Å². The van der Waals surface area contributed by atoms with E-state index in [0.717, 1.165) is 43.6 Å². The number of methoxy groups -OCH3 is 3. The molecule has 0 radical (unpaired) electrons. The average Bonchev–Trinajstić information content (AvgIpc) is 2.83. The molecule has 0 aromatic heterocycles. The third-order valence-corrected chi connectivity index (χ3v) is 6.10. The fourth-order valence-electron chi connectivity index (χ4n) is 2.65. The fourth-order valence-corrected chi connectivity index (χ4v) is 4.02. The van der Waals surface area contributed by atoms with Gasteiger partial charge in [0.15, 0.2) is 0 Å². The van der Waals surface area contributed by atoms with Crippen molar-refractivity contribution in [2.75, 3.05) is 21.3 Å². The van der Waals surface area contributed by atoms with Crippen LogP contribution in [0.4, 0.5) is 0 Å². The summed E-state index contributed by atoms with van der Waals surface area (Å²) in [6, 6.07) is 18.6. The van der Waals surface area contributed by atoms with E-state index in [1.807, 2.05) is 49.4 Å². The van der Waals surface area contributed by atoms with Crippen LogP contribution in [0.1, 0.15) is 16.7 Å². The number of benzene rings is 3. The van der Waals surface area contributed by atoms with Crippen molar-refractivity contribution in [3.05, 3.63) is 86.4 Å². The molecule has 0 saturated heterocycles. The van der Waals surface area contributed by atoms with Gasteiger partial charge in [0.2, 0.25) is 0 Å². The van der Waals surface area contributed by atoms with Crippen molar-refractivity contribution >= 4 is 50.7 Å². The Bertz CT molecular complexity index is 1070. The smallest absolute Gasteiger partial charge is 0.124 e. The van der Waals surface area contributed by atoms with Crippen molar-refractivity contribution in [1.82, 2.24) is 0 Å². The van der Waals surface area contributed by atoms with Crippen LogP contribution in [0.25, 0.3) is 0 Å². The van der Waals surface area contributed by atoms with Gasteiger partial charge in [0.05, 0.1) is 33.8 Å². The first-order valence-electron chi connectivity index (χ1n) is 9.69. The summed E-state index contributed by atoms with van der Waals surface area (Å²) in [5.41, 5.74) is 2.74. The molecule has 3 rings (SSSR count). The third kappa shape index (κ3) is 8.98. The average molecular weight is 574 g/mol. The number of halogens is 4. The molecule has 0 amide bonds. The summed E-state index contributed by atoms with van der Waals surface area (Å²) in [6.07, 6.45) is 0.281. The molecule has 3 aromatic rings. The maximum atomic E-state index is 8.50. The predicted molar refractivity (Wildman–Crippen MR) is 141 cm³/mol. The van der Waals surface area contributed by atoms with Gasteiger partial charge in [0.1, 0.15) is 17.2 Å². The molecule has 0 atom stereocenters. The first-order valence-corrected chi connectivity index (χ1v) is 11.9. The molecule has 4 nitrogen and oxygen atoms in total. The SMILES string of the molecule is COc1cccc(Cl)c1C.COc1cccc(Cl)c1CBr.COc1cccc(Cl)c1CC#N. The highest BCUT2D eigenvalue weighted by Crippen LogP contribution is 2.28. The monoisotopic (exact) mass is 571 g/mol. The summed E-state index contributed by atoms with van der Waals surface area (Å²) in [5.74, 6) is 2.34. The van der Waals surface area contributed by atoms with Crippen molar-refractivity contribution in [3.8, 4) is 23.3 Å². The number of hydrogen-bond acceptors (Lipinski definition) is 4. The van der Waals surface area contributed by atoms with E-state index in [1.165, 1.54) is 0 Å². The second kappa shape index (κ2) is 15.7. The molecule has 0 spiro atoms. The van der Waals surface area contributed by atoms with Crippen molar-refractivity contribution in [3.63, 3.8) is 0 Å². The molecule has 3 aromatic carbocycles. The van der Waals surface area contributed by atoms with Crippen LogP contribution in [0.3, 0.4) is 0 Å². The highest BCUT2D eigenvalue weighted by molar-refractivity contribution is 9.08. The van der Waals surface area contributed by atoms with E-state index < -0.39 is 0 Å². The molecule has 0 aliphatic heterocycles. The Morgan fingerprint density at radius 3 is 1.55 bits per heavy atom. The minimum absolute atomic E-state index is 0.281. The fraction of sp³-hybridized carbons (Fsp3) is 0.240. The topological polar surface area (TPSA) is 51.5 Å². The Hall–Kier alpha value is -2.10. The molecule has 0 fully saturated rings. The maximum Gasteiger partial charge on any atom is 0.124 e. The molecule has 0 unspecified atom stereocenters. The zero-order valence-electron chi connectivity index (χ0n) is 18.8. The highest BCUT2D eigenvalue weighted by Gasteiger charge is 2.06. The van der Waals surface area contributed by atoms with Crippen LogP contribution in [0.5, 0.6) is 17.2 Å². The van der Waals surface area contributed by atoms with E-state index in [4.69, 9.17) is 54.3 Å². The molecule has 176 valence electrons. The number of rotatable bonds is 5. The molecule has 8 heteroatoms. The van der Waals surface area contributed by atoms with Crippen molar-refractivity contribution in [1.29, 1.82) is 5.26 Å². The molecule has 0 N–H and O–H groups in total. The van der Waals surface area contributed by atoms with Gasteiger partial charge in [-0.1, -0.05) is 68.9 Å². The van der Waals surface area contributed by atoms with Gasteiger partial charge in [0.25, 0.3) is 0 Å². The number of nitrogens with zero attached hydrogens (tertiary/aromatic N) is 1. The summed E-state index contributed by atoms with van der Waals surface area (Å²) in [5, 5.41) is 11.3. The Balaban J connectivity index is 0.000000249. The minimum Gasteiger partial charge on any atom is -0.496 e. The zero-order valence-corrected chi connectivity index (χ0v) is 22.6. The molecule has 33 heavy (non-hydrogen) atoms. The predicted octanol–water partition coefficient (Wildman–Crippen LogP) is 8.32. The van der Waals surface area contributed by atoms with Crippen molar-refractivity contribution in [2.24, 2.45) is 0 Å². The Morgan fingerprint density at radius 2 is 1.15 bits per heavy atom. The van der Waals surface area contributed by atoms with Crippen LogP contribution in [0.15, 0.2) is 54.6 Å². The normalized spacial score (nSPS) is 9.42. The van der Waals surface area contributed by atoms with Crippen LogP contribution in [0.2, 0.25) is 15.1 Å². The Kier molecular flexibility index (Phi) is 13.8. The van der Waals surface area contributed by atoms with Crippen LogP contribution in [-0.4, -0.2) is 21.3 Å². The van der Waals surface area contributed by atoms with Gasteiger partial charge in [-0.05, 0) is 43.3 Å². The van der Waals surface area contributed by atoms with Crippen LogP contribution >= 0.6 is 50.7 Å². The third-order valence-electron chi connectivity index (χ3n) is 4.42. The lowest BCUT2D eigenvalue weighted by atomic mass is 10.1. The summed E-state index contributed by atoms with van der Waals surface area (Å²) in [6.45, 7) is 1.93. The van der Waals surface area contributed by atoms with Crippen molar-refractivity contribution in [2.45, 2.75) is 18.7 Å². The quantitative estimate of drug-likeness (QED) is 0.288. The van der Waals surface area contributed by atoms with E-state index in [1.54, 1.807) is 39.5 Å². The standard InChI is InChI=1S/C9H8ClNO.C8H8BrClO.C8H9ClO/c1-12-9-4-2-3-8(10)7(9)5-6-11;1-11-8-4-2-3-7(10)6(8)5-9;1-6-7(9)4-3-5-8(6)10-2/h2-4H,5H2,1H3;2-4H,5H2,1H3;3-5H,1-2H3. The van der Waals surface area contributed by atoms with E-state index in [2.05, 4.69) is 15.9 Å². The number of hydrogen-bond donors (Lipinski definition) is 0. The largest absolute Gasteiger partial charge is 0.496 e. The first kappa shape index (κ1) is 28.9. The minimum atomic E-state index is 0.281. The summed E-state index contributed by atoms with van der Waals surface area (Å²) < 4.78 is 15.2. The molecule has 0 saturated carbocycles. The van der Waals surface area contributed by atoms with Gasteiger partial charge in [-0.15, -0.1) is 0 Å². The highest BCUT2D eigenvalue weighted by atomic mass is 79.9. The van der Waals surface area contributed by atoms with Gasteiger partial charge < -0.3 is 14.2 Å². The van der Waals surface area contributed by atoms with E-state index in [0.29, 0.717) is 10.8 Å². The molecule has 0 aliphatic rings. The lowest BCUT2D eigenvalue weighted by molar-refractivity contribution is 0.411. The van der Waals surface area contributed by atoms with E-state index in [-0.39, 0.29) is 6.42 Å². The van der Waals surface area contributed by atoms with Gasteiger partial charge in [-0.2, -0.15) is 5.26 Å². The van der Waals surface area contributed by atoms with Crippen molar-refractivity contribution < 1.29 is 14.2 Å². The van der Waals surface area contributed by atoms with Crippen LogP contribution in [-0.2, 0) is 11.8 Å². The van der Waals surface area contributed by atoms with E-state index in [9.17, 15) is 0 Å². The number of alkyl halides is 1. The second-order valence-corrected chi connectivity index (χ2v) is 8.16. The number of nitriles is 1.